The van der Waals surface area contributed by atoms with E-state index in [-0.39, 0.29) is 6.04 Å². The molecule has 5 rings (SSSR count). The minimum Gasteiger partial charge on any atom is -0.497 e. The molecule has 0 spiro atoms. The van der Waals surface area contributed by atoms with Crippen molar-refractivity contribution >= 4 is 23.2 Å². The van der Waals surface area contributed by atoms with Crippen LogP contribution in [0.3, 0.4) is 0 Å². The molecule has 0 aliphatic rings. The van der Waals surface area contributed by atoms with Gasteiger partial charge in [-0.3, -0.25) is 0 Å². The van der Waals surface area contributed by atoms with Crippen molar-refractivity contribution in [3.05, 3.63) is 131 Å². The SMILES string of the molecule is COc1ccc(-c2cn(Cc3ccc(Cl)cc3Cl)cc2[C@@H](c2ccccc2)n2ccnc2)cc1. The van der Waals surface area contributed by atoms with E-state index >= 15 is 0 Å². The van der Waals surface area contributed by atoms with Crippen LogP contribution in [0.2, 0.25) is 10.0 Å². The van der Waals surface area contributed by atoms with Crippen LogP contribution in [0.4, 0.5) is 0 Å². The zero-order valence-corrected chi connectivity index (χ0v) is 20.1. The fourth-order valence-corrected chi connectivity index (χ4v) is 4.73. The van der Waals surface area contributed by atoms with Crippen molar-refractivity contribution in [2.45, 2.75) is 12.6 Å². The second-order valence-electron chi connectivity index (χ2n) is 8.09. The van der Waals surface area contributed by atoms with Crippen LogP contribution in [0.5, 0.6) is 5.75 Å². The molecule has 0 unspecified atom stereocenters. The molecule has 0 aliphatic heterocycles. The van der Waals surface area contributed by atoms with Gasteiger partial charge in [-0.2, -0.15) is 0 Å². The fraction of sp³-hybridized carbons (Fsp3) is 0.107. The Morgan fingerprint density at radius 1 is 0.941 bits per heavy atom. The molecule has 34 heavy (non-hydrogen) atoms. The molecular weight excluding hydrogens is 465 g/mol. The Morgan fingerprint density at radius 2 is 1.74 bits per heavy atom. The van der Waals surface area contributed by atoms with E-state index in [0.717, 1.165) is 22.4 Å². The van der Waals surface area contributed by atoms with Crippen molar-refractivity contribution in [3.8, 4) is 16.9 Å². The van der Waals surface area contributed by atoms with Crippen molar-refractivity contribution in [2.24, 2.45) is 0 Å². The minimum atomic E-state index is -0.0391. The average Bonchev–Trinajstić information content (AvgIpc) is 3.53. The Morgan fingerprint density at radius 3 is 2.41 bits per heavy atom. The zero-order chi connectivity index (χ0) is 23.5. The minimum absolute atomic E-state index is 0.0391. The maximum absolute atomic E-state index is 6.49. The molecule has 5 aromatic rings. The summed E-state index contributed by atoms with van der Waals surface area (Å²) in [5.74, 6) is 0.826. The second kappa shape index (κ2) is 9.80. The topological polar surface area (TPSA) is 32.0 Å². The summed E-state index contributed by atoms with van der Waals surface area (Å²) in [7, 11) is 1.68. The van der Waals surface area contributed by atoms with Gasteiger partial charge in [0, 0.05) is 52.5 Å². The lowest BCUT2D eigenvalue weighted by Crippen LogP contribution is -2.11. The van der Waals surface area contributed by atoms with Crippen LogP contribution >= 0.6 is 23.2 Å². The van der Waals surface area contributed by atoms with Crippen molar-refractivity contribution in [1.82, 2.24) is 14.1 Å². The first kappa shape index (κ1) is 22.3. The van der Waals surface area contributed by atoms with Gasteiger partial charge in [0.2, 0.25) is 0 Å². The summed E-state index contributed by atoms with van der Waals surface area (Å²) in [6.45, 7) is 0.630. The molecule has 1 atom stereocenters. The van der Waals surface area contributed by atoms with Crippen molar-refractivity contribution in [2.75, 3.05) is 7.11 Å². The standard InChI is InChI=1S/C28H23Cl2N3O/c1-34-24-11-8-20(9-12-24)25-17-32(16-22-7-10-23(29)15-27(22)30)18-26(25)28(33-14-13-31-19-33)21-5-3-2-4-6-21/h2-15,17-19,28H,16H2,1H3/t28-/m1/s1. The summed E-state index contributed by atoms with van der Waals surface area (Å²) in [6.07, 6.45) is 10.1. The fourth-order valence-electron chi connectivity index (χ4n) is 4.26. The predicted molar refractivity (Wildman–Crippen MR) is 138 cm³/mol. The first-order chi connectivity index (χ1) is 16.6. The van der Waals surface area contributed by atoms with E-state index in [9.17, 15) is 0 Å². The van der Waals surface area contributed by atoms with E-state index < -0.39 is 0 Å². The van der Waals surface area contributed by atoms with E-state index in [1.54, 1.807) is 13.2 Å². The molecule has 6 heteroatoms. The number of hydrogen-bond acceptors (Lipinski definition) is 2. The lowest BCUT2D eigenvalue weighted by molar-refractivity contribution is 0.415. The number of hydrogen-bond donors (Lipinski definition) is 0. The van der Waals surface area contributed by atoms with E-state index in [2.05, 4.69) is 62.9 Å². The van der Waals surface area contributed by atoms with Gasteiger partial charge in [-0.25, -0.2) is 4.98 Å². The smallest absolute Gasteiger partial charge is 0.118 e. The molecule has 0 fully saturated rings. The predicted octanol–water partition coefficient (Wildman–Crippen LogP) is 7.35. The molecule has 2 aromatic heterocycles. The molecule has 2 heterocycles. The molecule has 0 bridgehead atoms. The maximum atomic E-state index is 6.49. The van der Waals surface area contributed by atoms with E-state index in [1.165, 1.54) is 11.1 Å². The van der Waals surface area contributed by atoms with Gasteiger partial charge in [-0.1, -0.05) is 71.7 Å². The Labute approximate surface area is 209 Å². The van der Waals surface area contributed by atoms with Gasteiger partial charge in [0.05, 0.1) is 19.5 Å². The Bertz CT molecular complexity index is 1380. The Balaban J connectivity index is 1.65. The molecule has 0 N–H and O–H groups in total. The van der Waals surface area contributed by atoms with Crippen LogP contribution in [-0.4, -0.2) is 21.2 Å². The Hall–Kier alpha value is -3.47. The number of methoxy groups -OCH3 is 1. The number of halogens is 2. The average molecular weight is 488 g/mol. The highest BCUT2D eigenvalue weighted by atomic mass is 35.5. The lowest BCUT2D eigenvalue weighted by Gasteiger charge is -2.20. The molecule has 0 aliphatic carbocycles. The normalized spacial score (nSPS) is 12.0. The third-order valence-corrected chi connectivity index (χ3v) is 6.50. The van der Waals surface area contributed by atoms with Crippen molar-refractivity contribution in [1.29, 1.82) is 0 Å². The van der Waals surface area contributed by atoms with Crippen LogP contribution in [0.1, 0.15) is 22.7 Å². The van der Waals surface area contributed by atoms with Crippen LogP contribution in [0.25, 0.3) is 11.1 Å². The van der Waals surface area contributed by atoms with E-state index in [1.807, 2.05) is 49.1 Å². The number of rotatable bonds is 7. The van der Waals surface area contributed by atoms with Crippen LogP contribution in [0, 0.1) is 0 Å². The summed E-state index contributed by atoms with van der Waals surface area (Å²) in [6, 6.07) is 24.2. The number of imidazole rings is 1. The first-order valence-electron chi connectivity index (χ1n) is 10.9. The highest BCUT2D eigenvalue weighted by Gasteiger charge is 2.22. The third kappa shape index (κ3) is 4.60. The molecule has 4 nitrogen and oxygen atoms in total. The van der Waals surface area contributed by atoms with E-state index in [0.29, 0.717) is 16.6 Å². The highest BCUT2D eigenvalue weighted by Crippen LogP contribution is 2.36. The van der Waals surface area contributed by atoms with Crippen molar-refractivity contribution < 1.29 is 4.74 Å². The quantitative estimate of drug-likeness (QED) is 0.240. The van der Waals surface area contributed by atoms with Crippen LogP contribution in [-0.2, 0) is 6.54 Å². The van der Waals surface area contributed by atoms with Gasteiger partial charge in [-0.05, 0) is 41.0 Å². The van der Waals surface area contributed by atoms with Crippen LogP contribution < -0.4 is 4.74 Å². The van der Waals surface area contributed by atoms with E-state index in [4.69, 9.17) is 27.9 Å². The summed E-state index contributed by atoms with van der Waals surface area (Å²) < 4.78 is 9.69. The molecule has 0 saturated heterocycles. The molecule has 0 amide bonds. The largest absolute Gasteiger partial charge is 0.497 e. The molecule has 0 radical (unpaired) electrons. The number of aromatic nitrogens is 3. The zero-order valence-electron chi connectivity index (χ0n) is 18.6. The van der Waals surface area contributed by atoms with Crippen LogP contribution in [0.15, 0.2) is 104 Å². The summed E-state index contributed by atoms with van der Waals surface area (Å²) >= 11 is 12.6. The maximum Gasteiger partial charge on any atom is 0.118 e. The molecular formula is C28H23Cl2N3O. The van der Waals surface area contributed by atoms with Gasteiger partial charge in [-0.15, -0.1) is 0 Å². The highest BCUT2D eigenvalue weighted by molar-refractivity contribution is 6.35. The molecule has 0 saturated carbocycles. The summed E-state index contributed by atoms with van der Waals surface area (Å²) in [4.78, 5) is 4.32. The number of nitrogens with zero attached hydrogens (tertiary/aromatic N) is 3. The van der Waals surface area contributed by atoms with Gasteiger partial charge in [0.25, 0.3) is 0 Å². The lowest BCUT2D eigenvalue weighted by atomic mass is 9.94. The van der Waals surface area contributed by atoms with Crippen molar-refractivity contribution in [3.63, 3.8) is 0 Å². The van der Waals surface area contributed by atoms with Gasteiger partial charge < -0.3 is 13.9 Å². The number of benzene rings is 3. The summed E-state index contributed by atoms with van der Waals surface area (Å²) in [5.41, 5.74) is 5.60. The first-order valence-corrected chi connectivity index (χ1v) is 11.7. The van der Waals surface area contributed by atoms with Gasteiger partial charge in [0.1, 0.15) is 5.75 Å². The van der Waals surface area contributed by atoms with Gasteiger partial charge in [0.15, 0.2) is 0 Å². The Kier molecular flexibility index (Phi) is 6.43. The van der Waals surface area contributed by atoms with Gasteiger partial charge >= 0.3 is 0 Å². The monoisotopic (exact) mass is 487 g/mol. The molecule has 170 valence electrons. The third-order valence-electron chi connectivity index (χ3n) is 5.91. The second-order valence-corrected chi connectivity index (χ2v) is 8.93. The molecule has 3 aromatic carbocycles. The summed E-state index contributed by atoms with van der Waals surface area (Å²) in [5, 5.41) is 1.29. The number of ether oxygens (including phenoxy) is 1.